The molecule has 1 aliphatic rings. The molecule has 1 N–H and O–H groups in total. The second-order valence-corrected chi connectivity index (χ2v) is 5.18. The molecule has 0 amide bonds. The Bertz CT molecular complexity index is 377. The van der Waals surface area contributed by atoms with Crippen LogP contribution in [0.4, 0.5) is 0 Å². The van der Waals surface area contributed by atoms with Gasteiger partial charge in [0, 0.05) is 17.7 Å². The minimum atomic E-state index is -0.0203. The van der Waals surface area contributed by atoms with E-state index in [0.717, 1.165) is 0 Å². The monoisotopic (exact) mass is 194 g/mol. The molecular formula is C11H18N2O. The summed E-state index contributed by atoms with van der Waals surface area (Å²) in [4.78, 5) is 11.3. The van der Waals surface area contributed by atoms with Gasteiger partial charge in [0.05, 0.1) is 5.54 Å². The molecular weight excluding hydrogens is 176 g/mol. The summed E-state index contributed by atoms with van der Waals surface area (Å²) in [7, 11) is 0. The molecule has 0 aliphatic heterocycles. The molecule has 1 saturated carbocycles. The highest BCUT2D eigenvalue weighted by atomic mass is 16.1. The number of H-pyrrole nitrogens is 1. The van der Waals surface area contributed by atoms with Gasteiger partial charge in [0.2, 0.25) is 0 Å². The minimum Gasteiger partial charge on any atom is -0.284 e. The van der Waals surface area contributed by atoms with E-state index in [4.69, 9.17) is 0 Å². The second kappa shape index (κ2) is 3.01. The van der Waals surface area contributed by atoms with Crippen molar-refractivity contribution in [3.05, 3.63) is 22.1 Å². The third-order valence-corrected chi connectivity index (χ3v) is 2.95. The summed E-state index contributed by atoms with van der Waals surface area (Å²) < 4.78 is 2.03. The van der Waals surface area contributed by atoms with E-state index in [-0.39, 0.29) is 11.1 Å². The maximum atomic E-state index is 11.3. The first-order valence-electron chi connectivity index (χ1n) is 5.31. The molecule has 0 spiro atoms. The Labute approximate surface area is 84.1 Å². The van der Waals surface area contributed by atoms with Crippen molar-refractivity contribution in [2.45, 2.75) is 51.5 Å². The normalized spacial score (nSPS) is 18.2. The zero-order valence-electron chi connectivity index (χ0n) is 9.13. The first-order valence-corrected chi connectivity index (χ1v) is 5.31. The smallest absolute Gasteiger partial charge is 0.264 e. The Morgan fingerprint density at radius 2 is 2.07 bits per heavy atom. The van der Waals surface area contributed by atoms with E-state index >= 15 is 0 Å². The number of hydrogen-bond donors (Lipinski definition) is 1. The first-order chi connectivity index (χ1) is 6.48. The van der Waals surface area contributed by atoms with E-state index in [9.17, 15) is 4.79 Å². The SMILES string of the molecule is CC(C)(C)n1[nH]c(=O)cc1C1CCC1. The maximum absolute atomic E-state index is 11.3. The van der Waals surface area contributed by atoms with Crippen LogP contribution in [0.5, 0.6) is 0 Å². The largest absolute Gasteiger partial charge is 0.284 e. The molecule has 1 aliphatic carbocycles. The molecule has 0 atom stereocenters. The summed E-state index contributed by atoms with van der Waals surface area (Å²) >= 11 is 0. The van der Waals surface area contributed by atoms with Gasteiger partial charge in [-0.1, -0.05) is 6.42 Å². The lowest BCUT2D eigenvalue weighted by molar-refractivity contribution is 0.306. The van der Waals surface area contributed by atoms with Crippen LogP contribution in [0, 0.1) is 0 Å². The number of hydrogen-bond acceptors (Lipinski definition) is 1. The van der Waals surface area contributed by atoms with E-state index < -0.39 is 0 Å². The highest BCUT2D eigenvalue weighted by molar-refractivity contribution is 5.12. The van der Waals surface area contributed by atoms with E-state index in [1.54, 1.807) is 6.07 Å². The third-order valence-electron chi connectivity index (χ3n) is 2.95. The standard InChI is InChI=1S/C11H18N2O/c1-11(2,3)13-9(7-10(14)12-13)8-5-4-6-8/h7-8H,4-6H2,1-3H3,(H,12,14). The van der Waals surface area contributed by atoms with Gasteiger partial charge in [-0.15, -0.1) is 0 Å². The van der Waals surface area contributed by atoms with Crippen LogP contribution in [-0.2, 0) is 5.54 Å². The van der Waals surface area contributed by atoms with Crippen LogP contribution < -0.4 is 5.56 Å². The van der Waals surface area contributed by atoms with Crippen molar-refractivity contribution in [3.63, 3.8) is 0 Å². The van der Waals surface area contributed by atoms with Crippen molar-refractivity contribution < 1.29 is 0 Å². The molecule has 3 nitrogen and oxygen atoms in total. The zero-order valence-corrected chi connectivity index (χ0v) is 9.13. The van der Waals surface area contributed by atoms with Gasteiger partial charge in [-0.05, 0) is 33.6 Å². The topological polar surface area (TPSA) is 37.8 Å². The van der Waals surface area contributed by atoms with Gasteiger partial charge in [-0.2, -0.15) is 0 Å². The predicted molar refractivity (Wildman–Crippen MR) is 56.6 cm³/mol. The zero-order chi connectivity index (χ0) is 10.3. The summed E-state index contributed by atoms with van der Waals surface area (Å²) in [6, 6.07) is 1.76. The Balaban J connectivity index is 2.42. The number of nitrogens with one attached hydrogen (secondary N) is 1. The Morgan fingerprint density at radius 3 is 2.50 bits per heavy atom. The van der Waals surface area contributed by atoms with Crippen molar-refractivity contribution >= 4 is 0 Å². The fraction of sp³-hybridized carbons (Fsp3) is 0.727. The van der Waals surface area contributed by atoms with Crippen molar-refractivity contribution in [2.24, 2.45) is 0 Å². The third kappa shape index (κ3) is 1.51. The Morgan fingerprint density at radius 1 is 1.43 bits per heavy atom. The van der Waals surface area contributed by atoms with Crippen LogP contribution in [0.3, 0.4) is 0 Å². The number of rotatable bonds is 1. The van der Waals surface area contributed by atoms with Gasteiger partial charge in [-0.25, -0.2) is 0 Å². The lowest BCUT2D eigenvalue weighted by Gasteiger charge is -2.31. The summed E-state index contributed by atoms with van der Waals surface area (Å²) in [5.41, 5.74) is 1.20. The molecule has 1 fully saturated rings. The first kappa shape index (κ1) is 9.56. The van der Waals surface area contributed by atoms with Crippen molar-refractivity contribution in [3.8, 4) is 0 Å². The van der Waals surface area contributed by atoms with Crippen molar-refractivity contribution in [1.82, 2.24) is 9.78 Å². The molecule has 1 aromatic heterocycles. The van der Waals surface area contributed by atoms with Crippen molar-refractivity contribution in [1.29, 1.82) is 0 Å². The number of aromatic amines is 1. The number of aromatic nitrogens is 2. The summed E-state index contributed by atoms with van der Waals surface area (Å²) in [5, 5.41) is 2.89. The highest BCUT2D eigenvalue weighted by Crippen LogP contribution is 2.36. The van der Waals surface area contributed by atoms with Crippen LogP contribution in [0.1, 0.15) is 51.6 Å². The summed E-state index contributed by atoms with van der Waals surface area (Å²) in [6.45, 7) is 6.35. The average Bonchev–Trinajstić information content (AvgIpc) is 2.26. The lowest BCUT2D eigenvalue weighted by atomic mass is 9.82. The fourth-order valence-corrected chi connectivity index (χ4v) is 1.97. The predicted octanol–water partition coefficient (Wildman–Crippen LogP) is 2.20. The second-order valence-electron chi connectivity index (χ2n) is 5.18. The number of nitrogens with zero attached hydrogens (tertiary/aromatic N) is 1. The van der Waals surface area contributed by atoms with Gasteiger partial charge >= 0.3 is 0 Å². The Kier molecular flexibility index (Phi) is 2.05. The molecule has 78 valence electrons. The molecule has 0 bridgehead atoms. The van der Waals surface area contributed by atoms with Gasteiger partial charge in [-0.3, -0.25) is 14.6 Å². The maximum Gasteiger partial charge on any atom is 0.264 e. The molecule has 0 aromatic carbocycles. The van der Waals surface area contributed by atoms with Gasteiger partial charge in [0.15, 0.2) is 0 Å². The molecule has 2 rings (SSSR count). The van der Waals surface area contributed by atoms with E-state index in [1.807, 2.05) is 4.68 Å². The molecule has 1 heterocycles. The average molecular weight is 194 g/mol. The van der Waals surface area contributed by atoms with Crippen molar-refractivity contribution in [2.75, 3.05) is 0 Å². The molecule has 1 aromatic rings. The quantitative estimate of drug-likeness (QED) is 0.731. The van der Waals surface area contributed by atoms with Gasteiger partial charge in [0.1, 0.15) is 0 Å². The van der Waals surface area contributed by atoms with Crippen LogP contribution in [0.25, 0.3) is 0 Å². The van der Waals surface area contributed by atoms with Crippen LogP contribution in [0.15, 0.2) is 10.9 Å². The van der Waals surface area contributed by atoms with Crippen LogP contribution in [-0.4, -0.2) is 9.78 Å². The summed E-state index contributed by atoms with van der Waals surface area (Å²) in [5.74, 6) is 0.605. The minimum absolute atomic E-state index is 0.0203. The van der Waals surface area contributed by atoms with E-state index in [0.29, 0.717) is 5.92 Å². The van der Waals surface area contributed by atoms with E-state index in [2.05, 4.69) is 25.9 Å². The molecule has 0 saturated heterocycles. The van der Waals surface area contributed by atoms with Gasteiger partial charge < -0.3 is 0 Å². The summed E-state index contributed by atoms with van der Waals surface area (Å²) in [6.07, 6.45) is 3.76. The van der Waals surface area contributed by atoms with E-state index in [1.165, 1.54) is 25.0 Å². The molecule has 0 radical (unpaired) electrons. The lowest BCUT2D eigenvalue weighted by Crippen LogP contribution is -2.28. The fourth-order valence-electron chi connectivity index (χ4n) is 1.97. The molecule has 3 heteroatoms. The Hall–Kier alpha value is -0.990. The molecule has 0 unspecified atom stereocenters. The van der Waals surface area contributed by atoms with Crippen LogP contribution >= 0.6 is 0 Å². The highest BCUT2D eigenvalue weighted by Gasteiger charge is 2.27. The van der Waals surface area contributed by atoms with Crippen LogP contribution in [0.2, 0.25) is 0 Å². The van der Waals surface area contributed by atoms with Gasteiger partial charge in [0.25, 0.3) is 5.56 Å². The molecule has 14 heavy (non-hydrogen) atoms.